The zero-order valence-corrected chi connectivity index (χ0v) is 9.14. The van der Waals surface area contributed by atoms with Crippen molar-refractivity contribution in [2.75, 3.05) is 0 Å². The van der Waals surface area contributed by atoms with Crippen molar-refractivity contribution in [1.29, 1.82) is 0 Å². The molecule has 15 heavy (non-hydrogen) atoms. The molecule has 2 rings (SSSR count). The van der Waals surface area contributed by atoms with Crippen LogP contribution in [-0.4, -0.2) is 26.5 Å². The smallest absolute Gasteiger partial charge is 0.245 e. The first-order chi connectivity index (χ1) is 7.25. The maximum absolute atomic E-state index is 9.51. The van der Waals surface area contributed by atoms with Gasteiger partial charge in [0.15, 0.2) is 0 Å². The molecule has 0 radical (unpaired) electrons. The van der Waals surface area contributed by atoms with E-state index in [4.69, 9.17) is 0 Å². The molecule has 0 aliphatic rings. The van der Waals surface area contributed by atoms with Crippen LogP contribution in [0.25, 0.3) is 0 Å². The number of phenolic OH excluding ortho intramolecular Hbond substituents is 1. The fraction of sp³-hybridized carbons (Fsp3) is 0. The van der Waals surface area contributed by atoms with Gasteiger partial charge in [-0.3, -0.25) is 0 Å². The summed E-state index contributed by atoms with van der Waals surface area (Å²) in [5.41, 5.74) is 0.612. The molecule has 5 nitrogen and oxygen atoms in total. The number of aromatic amines is 1. The van der Waals surface area contributed by atoms with Crippen LogP contribution in [0.15, 0.2) is 34.0 Å². The quantitative estimate of drug-likeness (QED) is 0.817. The lowest BCUT2D eigenvalue weighted by Gasteiger charge is -1.97. The number of H-pyrrole nitrogens is 1. The van der Waals surface area contributed by atoms with Crippen molar-refractivity contribution < 1.29 is 5.11 Å². The Bertz CT molecular complexity index is 481. The molecule has 2 aromatic rings. The van der Waals surface area contributed by atoms with Crippen molar-refractivity contribution in [2.45, 2.75) is 0 Å². The lowest BCUT2D eigenvalue weighted by Crippen LogP contribution is -1.82. The van der Waals surface area contributed by atoms with E-state index in [1.807, 2.05) is 0 Å². The van der Waals surface area contributed by atoms with Crippen LogP contribution in [0.5, 0.6) is 5.75 Å². The van der Waals surface area contributed by atoms with E-state index < -0.39 is 0 Å². The highest BCUT2D eigenvalue weighted by atomic mass is 79.9. The summed E-state index contributed by atoms with van der Waals surface area (Å²) in [5, 5.41) is 15.7. The number of benzene rings is 1. The number of hydrogen-bond donors (Lipinski definition) is 2. The van der Waals surface area contributed by atoms with Crippen LogP contribution < -0.4 is 0 Å². The monoisotopic (exact) mass is 266 g/mol. The fourth-order valence-electron chi connectivity index (χ4n) is 1.02. The molecule has 76 valence electrons. The van der Waals surface area contributed by atoms with E-state index in [-0.39, 0.29) is 5.75 Å². The van der Waals surface area contributed by atoms with Gasteiger partial charge in [-0.05, 0) is 18.2 Å². The normalized spacial score (nSPS) is 11.0. The predicted octanol–water partition coefficient (Wildman–Crippen LogP) is 2.02. The van der Waals surface area contributed by atoms with Gasteiger partial charge in [0.25, 0.3) is 0 Å². The Labute approximate surface area is 94.0 Å². The van der Waals surface area contributed by atoms with E-state index >= 15 is 0 Å². The maximum atomic E-state index is 9.51. The second kappa shape index (κ2) is 4.22. The number of aromatic hydroxyl groups is 1. The summed E-state index contributed by atoms with van der Waals surface area (Å²) in [6.45, 7) is 0. The van der Waals surface area contributed by atoms with Crippen LogP contribution in [0.4, 0.5) is 5.95 Å². The lowest BCUT2D eigenvalue weighted by atomic mass is 10.2. The average molecular weight is 267 g/mol. The second-order valence-electron chi connectivity index (χ2n) is 2.77. The third kappa shape index (κ3) is 2.41. The summed E-state index contributed by atoms with van der Waals surface area (Å²) in [4.78, 5) is 7.83. The first-order valence-electron chi connectivity index (χ1n) is 4.13. The van der Waals surface area contributed by atoms with Crippen molar-refractivity contribution in [1.82, 2.24) is 15.2 Å². The van der Waals surface area contributed by atoms with Crippen molar-refractivity contribution in [3.05, 3.63) is 34.6 Å². The van der Waals surface area contributed by atoms with Gasteiger partial charge in [-0.1, -0.05) is 15.9 Å². The molecule has 1 heterocycles. The van der Waals surface area contributed by atoms with Crippen molar-refractivity contribution in [3.63, 3.8) is 0 Å². The molecule has 0 saturated carbocycles. The summed E-state index contributed by atoms with van der Waals surface area (Å²) in [7, 11) is 0. The van der Waals surface area contributed by atoms with E-state index in [2.05, 4.69) is 36.1 Å². The number of phenols is 1. The van der Waals surface area contributed by atoms with Gasteiger partial charge in [-0.2, -0.15) is 10.1 Å². The first-order valence-corrected chi connectivity index (χ1v) is 4.93. The molecule has 6 heteroatoms. The van der Waals surface area contributed by atoms with Crippen LogP contribution in [0.1, 0.15) is 5.56 Å². The number of nitrogens with one attached hydrogen (secondary N) is 1. The van der Waals surface area contributed by atoms with Crippen molar-refractivity contribution in [3.8, 4) is 5.75 Å². The standard InChI is InChI=1S/C9H7BrN4O/c10-7-1-2-8(15)6(3-7)4-11-9-12-5-13-14-9/h1-5,15H,(H,12,13,14)/b11-4+. The van der Waals surface area contributed by atoms with Gasteiger partial charge in [-0.15, -0.1) is 0 Å². The summed E-state index contributed by atoms with van der Waals surface area (Å²) >= 11 is 3.31. The van der Waals surface area contributed by atoms with Gasteiger partial charge in [-0.25, -0.2) is 10.1 Å². The topological polar surface area (TPSA) is 74.2 Å². The average Bonchev–Trinajstić information content (AvgIpc) is 2.72. The number of rotatable bonds is 2. The highest BCUT2D eigenvalue weighted by Crippen LogP contribution is 2.20. The van der Waals surface area contributed by atoms with Crippen LogP contribution >= 0.6 is 15.9 Å². The number of aromatic nitrogens is 3. The van der Waals surface area contributed by atoms with Crippen molar-refractivity contribution >= 4 is 28.1 Å². The third-order valence-corrected chi connectivity index (χ3v) is 2.21. The number of nitrogens with zero attached hydrogens (tertiary/aromatic N) is 3. The van der Waals surface area contributed by atoms with Gasteiger partial charge in [0, 0.05) is 16.3 Å². The third-order valence-electron chi connectivity index (χ3n) is 1.72. The summed E-state index contributed by atoms with van der Waals surface area (Å²) in [5.74, 6) is 0.566. The molecule has 1 aromatic heterocycles. The second-order valence-corrected chi connectivity index (χ2v) is 3.69. The molecule has 0 spiro atoms. The number of aliphatic imine (C=N–C) groups is 1. The molecule has 0 atom stereocenters. The minimum absolute atomic E-state index is 0.168. The van der Waals surface area contributed by atoms with Crippen LogP contribution in [0.3, 0.4) is 0 Å². The molecule has 0 aliphatic carbocycles. The minimum Gasteiger partial charge on any atom is -0.507 e. The Hall–Kier alpha value is -1.69. The Morgan fingerprint density at radius 1 is 1.47 bits per heavy atom. The predicted molar refractivity (Wildman–Crippen MR) is 59.4 cm³/mol. The molecule has 0 aliphatic heterocycles. The molecule has 1 aromatic carbocycles. The van der Waals surface area contributed by atoms with Gasteiger partial charge in [0.1, 0.15) is 12.1 Å². The van der Waals surface area contributed by atoms with E-state index in [1.165, 1.54) is 12.5 Å². The minimum atomic E-state index is 0.168. The van der Waals surface area contributed by atoms with Crippen LogP contribution in [0.2, 0.25) is 0 Å². The highest BCUT2D eigenvalue weighted by molar-refractivity contribution is 9.10. The van der Waals surface area contributed by atoms with Gasteiger partial charge >= 0.3 is 0 Å². The Morgan fingerprint density at radius 2 is 2.33 bits per heavy atom. The summed E-state index contributed by atoms with van der Waals surface area (Å²) < 4.78 is 0.874. The van der Waals surface area contributed by atoms with Gasteiger partial charge < -0.3 is 5.11 Å². The SMILES string of the molecule is Oc1ccc(Br)cc1/C=N/c1ncn[nH]1. The molecule has 0 amide bonds. The van der Waals surface area contributed by atoms with Crippen molar-refractivity contribution in [2.24, 2.45) is 4.99 Å². The molecule has 2 N–H and O–H groups in total. The summed E-state index contributed by atoms with van der Waals surface area (Å²) in [6, 6.07) is 5.10. The first kappa shape index (κ1) is 9.85. The van der Waals surface area contributed by atoms with Crippen LogP contribution in [-0.2, 0) is 0 Å². The molecule has 0 fully saturated rings. The highest BCUT2D eigenvalue weighted by Gasteiger charge is 1.98. The Morgan fingerprint density at radius 3 is 3.07 bits per heavy atom. The molecular formula is C9H7BrN4O. The molecular weight excluding hydrogens is 260 g/mol. The van der Waals surface area contributed by atoms with E-state index in [1.54, 1.807) is 18.2 Å². The molecule has 0 bridgehead atoms. The van der Waals surface area contributed by atoms with E-state index in [9.17, 15) is 5.11 Å². The zero-order chi connectivity index (χ0) is 10.7. The Kier molecular flexibility index (Phi) is 2.77. The zero-order valence-electron chi connectivity index (χ0n) is 7.55. The molecule has 0 unspecified atom stereocenters. The summed E-state index contributed by atoms with van der Waals surface area (Å²) in [6.07, 6.45) is 2.88. The van der Waals surface area contributed by atoms with E-state index in [0.717, 1.165) is 4.47 Å². The fourth-order valence-corrected chi connectivity index (χ4v) is 1.40. The maximum Gasteiger partial charge on any atom is 0.245 e. The Balaban J connectivity index is 2.27. The largest absolute Gasteiger partial charge is 0.507 e. The van der Waals surface area contributed by atoms with Gasteiger partial charge in [0.2, 0.25) is 5.95 Å². The van der Waals surface area contributed by atoms with Gasteiger partial charge in [0.05, 0.1) is 0 Å². The van der Waals surface area contributed by atoms with E-state index in [0.29, 0.717) is 11.5 Å². The number of halogens is 1. The van der Waals surface area contributed by atoms with Crippen LogP contribution in [0, 0.1) is 0 Å². The lowest BCUT2D eigenvalue weighted by molar-refractivity contribution is 0.474. The molecule has 0 saturated heterocycles. The number of hydrogen-bond acceptors (Lipinski definition) is 4.